The summed E-state index contributed by atoms with van der Waals surface area (Å²) in [6, 6.07) is 0.342. The summed E-state index contributed by atoms with van der Waals surface area (Å²) in [4.78, 5) is 35.8. The average Bonchev–Trinajstić information content (AvgIpc) is 3.47. The number of hydrogen-bond donors (Lipinski definition) is 1. The molecular weight excluding hydrogens is 354 g/mol. The van der Waals surface area contributed by atoms with Crippen molar-refractivity contribution in [2.45, 2.75) is 76.2 Å². The highest BCUT2D eigenvalue weighted by molar-refractivity contribution is 5.80. The lowest BCUT2D eigenvalue weighted by molar-refractivity contribution is -0.136. The van der Waals surface area contributed by atoms with Gasteiger partial charge in [-0.15, -0.1) is 0 Å². The Kier molecular flexibility index (Phi) is 4.69. The van der Waals surface area contributed by atoms with E-state index in [9.17, 15) is 9.59 Å². The molecule has 2 aromatic rings. The first-order chi connectivity index (χ1) is 13.7. The number of aromatic nitrogens is 4. The van der Waals surface area contributed by atoms with Gasteiger partial charge in [0, 0.05) is 24.9 Å². The van der Waals surface area contributed by atoms with Gasteiger partial charge in [0.05, 0.1) is 12.2 Å². The largest absolute Gasteiger partial charge is 0.342 e. The highest BCUT2D eigenvalue weighted by atomic mass is 16.2. The van der Waals surface area contributed by atoms with Gasteiger partial charge in [-0.1, -0.05) is 19.3 Å². The predicted octanol–water partition coefficient (Wildman–Crippen LogP) is 3.13. The molecule has 28 heavy (non-hydrogen) atoms. The van der Waals surface area contributed by atoms with E-state index in [1.807, 2.05) is 9.58 Å². The number of rotatable bonds is 3. The lowest BCUT2D eigenvalue weighted by Gasteiger charge is -2.31. The molecular formula is C21H29N5O2. The van der Waals surface area contributed by atoms with E-state index in [1.165, 1.54) is 19.3 Å². The molecule has 150 valence electrons. The third kappa shape index (κ3) is 3.05. The minimum atomic E-state index is -0.125. The molecule has 7 heteroatoms. The van der Waals surface area contributed by atoms with Crippen LogP contribution in [0.3, 0.4) is 0 Å². The summed E-state index contributed by atoms with van der Waals surface area (Å²) in [6.45, 7) is 1.75. The molecule has 1 saturated heterocycles. The van der Waals surface area contributed by atoms with E-state index in [0.29, 0.717) is 22.9 Å². The Balaban J connectivity index is 1.48. The van der Waals surface area contributed by atoms with E-state index in [0.717, 1.165) is 58.0 Å². The second kappa shape index (κ2) is 7.33. The topological polar surface area (TPSA) is 83.9 Å². The summed E-state index contributed by atoms with van der Waals surface area (Å²) < 4.78 is 1.96. The monoisotopic (exact) mass is 383 g/mol. The number of H-pyrrole nitrogens is 1. The lowest BCUT2D eigenvalue weighted by Crippen LogP contribution is -2.40. The van der Waals surface area contributed by atoms with Crippen LogP contribution in [0.5, 0.6) is 0 Å². The van der Waals surface area contributed by atoms with E-state index in [-0.39, 0.29) is 23.3 Å². The van der Waals surface area contributed by atoms with Gasteiger partial charge in [-0.05, 0) is 44.9 Å². The number of carbonyl (C=O) groups is 1. The van der Waals surface area contributed by atoms with Gasteiger partial charge in [-0.3, -0.25) is 9.59 Å². The Labute approximate surface area is 164 Å². The molecule has 2 saturated carbocycles. The first-order valence-electron chi connectivity index (χ1n) is 11.0. The second-order valence-electron chi connectivity index (χ2n) is 8.75. The molecule has 0 bridgehead atoms. The third-order valence-electron chi connectivity index (χ3n) is 7.00. The Bertz CT molecular complexity index is 921. The molecule has 0 radical (unpaired) electrons. The zero-order chi connectivity index (χ0) is 19.1. The average molecular weight is 383 g/mol. The van der Waals surface area contributed by atoms with Crippen LogP contribution < -0.4 is 5.56 Å². The summed E-state index contributed by atoms with van der Waals surface area (Å²) in [5.41, 5.74) is 0.571. The van der Waals surface area contributed by atoms with Crippen molar-refractivity contribution in [3.05, 3.63) is 22.4 Å². The van der Waals surface area contributed by atoms with Crippen LogP contribution in [0.15, 0.2) is 11.0 Å². The van der Waals surface area contributed by atoms with Gasteiger partial charge in [-0.2, -0.15) is 5.10 Å². The zero-order valence-electron chi connectivity index (χ0n) is 16.4. The van der Waals surface area contributed by atoms with Gasteiger partial charge in [0.1, 0.15) is 11.2 Å². The van der Waals surface area contributed by atoms with Crippen LogP contribution in [-0.4, -0.2) is 43.6 Å². The molecule has 3 heterocycles. The summed E-state index contributed by atoms with van der Waals surface area (Å²) in [6.07, 6.45) is 12.5. The minimum Gasteiger partial charge on any atom is -0.342 e. The number of likely N-dealkylation sites (tertiary alicyclic amines) is 1. The highest BCUT2D eigenvalue weighted by Gasteiger charge is 2.38. The van der Waals surface area contributed by atoms with E-state index in [1.54, 1.807) is 6.20 Å². The van der Waals surface area contributed by atoms with Crippen molar-refractivity contribution >= 4 is 16.9 Å². The van der Waals surface area contributed by atoms with Crippen molar-refractivity contribution in [1.29, 1.82) is 0 Å². The van der Waals surface area contributed by atoms with Gasteiger partial charge in [0.25, 0.3) is 5.56 Å². The Hall–Kier alpha value is -2.18. The van der Waals surface area contributed by atoms with Crippen LogP contribution in [0.1, 0.15) is 82.0 Å². The zero-order valence-corrected chi connectivity index (χ0v) is 16.4. The number of aromatic amines is 1. The number of nitrogens with one attached hydrogen (secondary N) is 1. The first-order valence-corrected chi connectivity index (χ1v) is 11.0. The third-order valence-corrected chi connectivity index (χ3v) is 7.00. The normalized spacial score (nSPS) is 26.4. The molecule has 2 aromatic heterocycles. The fraction of sp³-hybridized carbons (Fsp3) is 0.714. The van der Waals surface area contributed by atoms with E-state index < -0.39 is 0 Å². The molecule has 0 aromatic carbocycles. The molecule has 7 nitrogen and oxygen atoms in total. The molecule has 1 aliphatic heterocycles. The maximum atomic E-state index is 13.1. The smallest absolute Gasteiger partial charge is 0.262 e. The van der Waals surface area contributed by atoms with Gasteiger partial charge in [0.2, 0.25) is 5.91 Å². The fourth-order valence-corrected chi connectivity index (χ4v) is 5.48. The number of fused-ring (bicyclic) bond motifs is 1. The second-order valence-corrected chi connectivity index (χ2v) is 8.75. The van der Waals surface area contributed by atoms with Gasteiger partial charge in [0.15, 0.2) is 5.65 Å². The molecule has 2 aliphatic carbocycles. The highest BCUT2D eigenvalue weighted by Crippen LogP contribution is 2.40. The summed E-state index contributed by atoms with van der Waals surface area (Å²) in [7, 11) is 0. The molecule has 3 fully saturated rings. The number of amides is 1. The molecule has 3 aliphatic rings. The van der Waals surface area contributed by atoms with Crippen LogP contribution >= 0.6 is 0 Å². The lowest BCUT2D eigenvalue weighted by atomic mass is 9.93. The standard InChI is InChI=1S/C21H29N5O2/c27-20-17-13-22-26(14-7-2-3-8-14)19(17)23-18(24-20)15-9-6-10-16(15)21(28)25-11-4-1-5-12-25/h13-16H,1-12H2,(H,23,24,27)/t15-,16-/m0/s1. The van der Waals surface area contributed by atoms with E-state index >= 15 is 0 Å². The fourth-order valence-electron chi connectivity index (χ4n) is 5.48. The number of hydrogen-bond acceptors (Lipinski definition) is 4. The number of carbonyl (C=O) groups excluding carboxylic acids is 1. The van der Waals surface area contributed by atoms with Crippen LogP contribution in [0.25, 0.3) is 11.0 Å². The van der Waals surface area contributed by atoms with Crippen molar-refractivity contribution in [2.75, 3.05) is 13.1 Å². The van der Waals surface area contributed by atoms with Crippen LogP contribution in [-0.2, 0) is 4.79 Å². The Morgan fingerprint density at radius 3 is 2.57 bits per heavy atom. The molecule has 0 spiro atoms. The van der Waals surface area contributed by atoms with Gasteiger partial charge < -0.3 is 9.88 Å². The number of nitrogens with zero attached hydrogens (tertiary/aromatic N) is 4. The van der Waals surface area contributed by atoms with Crippen molar-refractivity contribution in [1.82, 2.24) is 24.6 Å². The van der Waals surface area contributed by atoms with E-state index in [4.69, 9.17) is 4.98 Å². The number of piperidine rings is 1. The first kappa shape index (κ1) is 17.9. The van der Waals surface area contributed by atoms with E-state index in [2.05, 4.69) is 10.1 Å². The van der Waals surface area contributed by atoms with Crippen molar-refractivity contribution < 1.29 is 4.79 Å². The molecule has 5 rings (SSSR count). The van der Waals surface area contributed by atoms with Crippen molar-refractivity contribution in [3.63, 3.8) is 0 Å². The maximum Gasteiger partial charge on any atom is 0.262 e. The Morgan fingerprint density at radius 1 is 1.00 bits per heavy atom. The minimum absolute atomic E-state index is 0.0125. The molecule has 1 N–H and O–H groups in total. The van der Waals surface area contributed by atoms with Crippen LogP contribution in [0.2, 0.25) is 0 Å². The summed E-state index contributed by atoms with van der Waals surface area (Å²) in [5, 5.41) is 5.06. The summed E-state index contributed by atoms with van der Waals surface area (Å²) in [5.74, 6) is 0.902. The molecule has 2 atom stereocenters. The predicted molar refractivity (Wildman–Crippen MR) is 106 cm³/mol. The Morgan fingerprint density at radius 2 is 1.79 bits per heavy atom. The summed E-state index contributed by atoms with van der Waals surface area (Å²) >= 11 is 0. The van der Waals surface area contributed by atoms with Gasteiger partial charge in [-0.25, -0.2) is 9.67 Å². The van der Waals surface area contributed by atoms with Gasteiger partial charge >= 0.3 is 0 Å². The SMILES string of the molecule is O=C([C@H]1CCC[C@@H]1c1nc2c(cnn2C2CCCC2)c(=O)[nH]1)N1CCCCC1. The van der Waals surface area contributed by atoms with Crippen molar-refractivity contribution in [3.8, 4) is 0 Å². The quantitative estimate of drug-likeness (QED) is 0.882. The maximum absolute atomic E-state index is 13.1. The van der Waals surface area contributed by atoms with Crippen molar-refractivity contribution in [2.24, 2.45) is 5.92 Å². The van der Waals surface area contributed by atoms with Crippen LogP contribution in [0.4, 0.5) is 0 Å². The molecule has 0 unspecified atom stereocenters. The molecule has 1 amide bonds. The van der Waals surface area contributed by atoms with Crippen LogP contribution in [0, 0.1) is 5.92 Å².